The Morgan fingerprint density at radius 1 is 1.21 bits per heavy atom. The van der Waals surface area contributed by atoms with Crippen molar-refractivity contribution in [2.24, 2.45) is 5.41 Å². The van der Waals surface area contributed by atoms with Crippen LogP contribution in [0.3, 0.4) is 0 Å². The summed E-state index contributed by atoms with van der Waals surface area (Å²) < 4.78 is 52.9. The number of benzene rings is 1. The first-order valence-electron chi connectivity index (χ1n) is 13.2. The zero-order valence-corrected chi connectivity index (χ0v) is 22.4. The van der Waals surface area contributed by atoms with Crippen molar-refractivity contribution in [3.63, 3.8) is 0 Å². The molecule has 1 saturated carbocycles. The average Bonchev–Trinajstić information content (AvgIpc) is 3.56. The quantitative estimate of drug-likeness (QED) is 0.284. The summed E-state index contributed by atoms with van der Waals surface area (Å²) in [6, 6.07) is 7.32. The number of nitriles is 1. The Morgan fingerprint density at radius 2 is 2.00 bits per heavy atom. The molecule has 1 spiro atoms. The van der Waals surface area contributed by atoms with Crippen molar-refractivity contribution in [3.05, 3.63) is 48.7 Å². The third kappa shape index (κ3) is 5.96. The van der Waals surface area contributed by atoms with Crippen LogP contribution in [-0.2, 0) is 6.54 Å². The van der Waals surface area contributed by atoms with Crippen LogP contribution in [0.5, 0.6) is 11.6 Å². The third-order valence-corrected chi connectivity index (χ3v) is 7.28. The van der Waals surface area contributed by atoms with Crippen molar-refractivity contribution in [1.82, 2.24) is 45.3 Å². The smallest absolute Gasteiger partial charge is 0.422 e. The van der Waals surface area contributed by atoms with E-state index in [1.165, 1.54) is 11.0 Å². The third-order valence-electron chi connectivity index (χ3n) is 7.28. The van der Waals surface area contributed by atoms with Gasteiger partial charge in [-0.1, -0.05) is 6.07 Å². The lowest BCUT2D eigenvalue weighted by Gasteiger charge is -2.54. The number of tetrazole rings is 1. The Morgan fingerprint density at radius 3 is 2.64 bits per heavy atom. The molecule has 1 saturated heterocycles. The Balaban J connectivity index is 1.17. The maximum absolute atomic E-state index is 12.9. The van der Waals surface area contributed by atoms with Gasteiger partial charge in [-0.2, -0.15) is 18.4 Å². The molecule has 0 unspecified atom stereocenters. The summed E-state index contributed by atoms with van der Waals surface area (Å²) in [5.74, 6) is 0.369. The first kappa shape index (κ1) is 27.4. The second-order valence-corrected chi connectivity index (χ2v) is 10.6. The van der Waals surface area contributed by atoms with Gasteiger partial charge in [0.1, 0.15) is 29.9 Å². The number of alkyl halides is 3. The van der Waals surface area contributed by atoms with Gasteiger partial charge in [-0.3, -0.25) is 4.68 Å². The minimum absolute atomic E-state index is 0.0857. The molecule has 2 N–H and O–H groups in total. The Bertz CT molecular complexity index is 1570. The number of hydrogen-bond acceptors (Lipinski definition) is 11. The highest BCUT2D eigenvalue weighted by atomic mass is 19.4. The lowest BCUT2D eigenvalue weighted by atomic mass is 9.62. The summed E-state index contributed by atoms with van der Waals surface area (Å²) in [6.07, 6.45) is 3.19. The van der Waals surface area contributed by atoms with E-state index in [2.05, 4.69) is 47.3 Å². The highest BCUT2D eigenvalue weighted by Gasteiger charge is 2.49. The minimum atomic E-state index is -4.51. The van der Waals surface area contributed by atoms with Gasteiger partial charge in [-0.25, -0.2) is 14.6 Å². The van der Waals surface area contributed by atoms with E-state index in [9.17, 15) is 18.4 Å². The van der Waals surface area contributed by atoms with E-state index in [1.54, 1.807) is 41.5 Å². The normalized spacial score (nSPS) is 16.7. The van der Waals surface area contributed by atoms with Crippen LogP contribution in [0.2, 0.25) is 0 Å². The molecule has 3 aromatic heterocycles. The van der Waals surface area contributed by atoms with Gasteiger partial charge in [0.25, 0.3) is 5.88 Å². The van der Waals surface area contributed by atoms with Crippen molar-refractivity contribution in [1.29, 1.82) is 5.26 Å². The lowest BCUT2D eigenvalue weighted by molar-refractivity contribution is -0.154. The molecule has 2 fully saturated rings. The van der Waals surface area contributed by atoms with Crippen molar-refractivity contribution in [2.45, 2.75) is 44.6 Å². The van der Waals surface area contributed by atoms with Crippen LogP contribution in [0.15, 0.2) is 43.1 Å². The molecule has 1 aliphatic carbocycles. The number of ether oxygens (including phenoxy) is 2. The van der Waals surface area contributed by atoms with Crippen LogP contribution in [-0.4, -0.2) is 71.9 Å². The number of halogens is 3. The van der Waals surface area contributed by atoms with Gasteiger partial charge in [0, 0.05) is 31.0 Å². The number of nitrogens with one attached hydrogen (secondary N) is 2. The van der Waals surface area contributed by atoms with E-state index in [4.69, 9.17) is 9.47 Å². The minimum Gasteiger partial charge on any atom is -0.487 e. The average molecular weight is 582 g/mol. The van der Waals surface area contributed by atoms with E-state index >= 15 is 0 Å². The molecule has 218 valence electrons. The Kier molecular flexibility index (Phi) is 7.11. The molecule has 13 nitrogen and oxygen atoms in total. The number of rotatable bonds is 10. The second-order valence-electron chi connectivity index (χ2n) is 10.6. The van der Waals surface area contributed by atoms with Gasteiger partial charge in [-0.05, 0) is 53.3 Å². The largest absolute Gasteiger partial charge is 0.487 e. The lowest BCUT2D eigenvalue weighted by Crippen LogP contribution is -2.60. The highest BCUT2D eigenvalue weighted by molar-refractivity contribution is 5.67. The molecular weight excluding hydrogens is 555 g/mol. The summed E-state index contributed by atoms with van der Waals surface area (Å²) in [6.45, 7) is 2.64. The predicted molar refractivity (Wildman–Crippen MR) is 141 cm³/mol. The maximum atomic E-state index is 12.9. The SMILES string of the molecule is C[C@@H](Cn1cnnn1)Oc1cc(-c2cnc(Nc3cn(C4CC5(CNC5)C4)nc3OCC(F)(F)F)nc2)ccc1C#N. The fourth-order valence-electron chi connectivity index (χ4n) is 5.13. The van der Waals surface area contributed by atoms with Crippen molar-refractivity contribution in [2.75, 3.05) is 25.0 Å². The van der Waals surface area contributed by atoms with Crippen LogP contribution < -0.4 is 20.1 Å². The molecule has 0 radical (unpaired) electrons. The topological polar surface area (TPSA) is 154 Å². The molecule has 42 heavy (non-hydrogen) atoms. The molecule has 0 amide bonds. The molecule has 16 heteroatoms. The maximum Gasteiger partial charge on any atom is 0.422 e. The summed E-state index contributed by atoms with van der Waals surface area (Å²) in [5.41, 5.74) is 2.21. The molecule has 4 aromatic rings. The summed E-state index contributed by atoms with van der Waals surface area (Å²) in [7, 11) is 0. The first-order chi connectivity index (χ1) is 20.2. The van der Waals surface area contributed by atoms with Crippen LogP contribution in [0.1, 0.15) is 31.4 Å². The van der Waals surface area contributed by atoms with Gasteiger partial charge < -0.3 is 20.1 Å². The fourth-order valence-corrected chi connectivity index (χ4v) is 5.13. The van der Waals surface area contributed by atoms with E-state index in [0.29, 0.717) is 29.0 Å². The molecule has 1 aromatic carbocycles. The van der Waals surface area contributed by atoms with Crippen molar-refractivity contribution >= 4 is 11.6 Å². The number of aromatic nitrogens is 8. The van der Waals surface area contributed by atoms with E-state index in [-0.39, 0.29) is 35.1 Å². The zero-order chi connectivity index (χ0) is 29.3. The number of hydrogen-bond donors (Lipinski definition) is 2. The predicted octanol–water partition coefficient (Wildman–Crippen LogP) is 3.27. The number of anilines is 2. The van der Waals surface area contributed by atoms with Gasteiger partial charge >= 0.3 is 6.18 Å². The van der Waals surface area contributed by atoms with Crippen molar-refractivity contribution in [3.8, 4) is 28.8 Å². The molecule has 1 aliphatic heterocycles. The van der Waals surface area contributed by atoms with Gasteiger partial charge in [-0.15, -0.1) is 10.2 Å². The van der Waals surface area contributed by atoms with E-state index in [1.807, 2.05) is 6.92 Å². The van der Waals surface area contributed by atoms with E-state index < -0.39 is 12.8 Å². The zero-order valence-electron chi connectivity index (χ0n) is 22.4. The summed E-state index contributed by atoms with van der Waals surface area (Å²) in [5, 5.41) is 31.1. The second kappa shape index (κ2) is 10.9. The Hall–Kier alpha value is -4.78. The van der Waals surface area contributed by atoms with Gasteiger partial charge in [0.2, 0.25) is 5.95 Å². The van der Waals surface area contributed by atoms with Crippen molar-refractivity contribution < 1.29 is 22.6 Å². The molecule has 4 heterocycles. The summed E-state index contributed by atoms with van der Waals surface area (Å²) >= 11 is 0. The molecule has 2 aliphatic rings. The van der Waals surface area contributed by atoms with Gasteiger partial charge in [0.05, 0.1) is 24.3 Å². The fraction of sp³-hybridized carbons (Fsp3) is 0.423. The monoisotopic (exact) mass is 581 g/mol. The van der Waals surface area contributed by atoms with Gasteiger partial charge in [0.15, 0.2) is 6.61 Å². The molecule has 6 rings (SSSR count). The number of nitrogens with zero attached hydrogens (tertiary/aromatic N) is 9. The first-order valence-corrected chi connectivity index (χ1v) is 13.2. The molecular formula is C26H26F3N11O2. The standard InChI is InChI=1S/C26H26F3N11O2/c1-16(10-39-15-34-37-38-39)42-22-4-17(2-3-18(22)7-30)19-8-32-24(33-9-19)35-21-11-40(20-5-25(6-20)12-31-13-25)36-23(21)41-14-26(27,28)29/h2-4,8-9,11,15-16,20,31H,5-6,10,12-14H2,1H3,(H,32,33,35)/t16-/m0/s1. The van der Waals surface area contributed by atoms with Crippen LogP contribution in [0.4, 0.5) is 24.8 Å². The van der Waals surface area contributed by atoms with Crippen LogP contribution in [0, 0.1) is 16.7 Å². The van der Waals surface area contributed by atoms with E-state index in [0.717, 1.165) is 25.9 Å². The molecule has 0 bridgehead atoms. The van der Waals surface area contributed by atoms with Crippen LogP contribution in [0.25, 0.3) is 11.1 Å². The summed E-state index contributed by atoms with van der Waals surface area (Å²) in [4.78, 5) is 8.68. The highest BCUT2D eigenvalue weighted by Crippen LogP contribution is 2.51. The molecule has 1 atom stereocenters. The van der Waals surface area contributed by atoms with Crippen LogP contribution >= 0.6 is 0 Å². The Labute approximate surface area is 237 Å².